The lowest BCUT2D eigenvalue weighted by Gasteiger charge is -2.16. The van der Waals surface area contributed by atoms with Crippen LogP contribution in [-0.4, -0.2) is 53.8 Å². The Labute approximate surface area is 163 Å². The molecule has 0 aliphatic carbocycles. The lowest BCUT2D eigenvalue weighted by molar-refractivity contribution is -0.137. The molecule has 2 aliphatic rings. The van der Waals surface area contributed by atoms with E-state index in [-0.39, 0.29) is 36.8 Å². The van der Waals surface area contributed by atoms with Crippen molar-refractivity contribution in [2.24, 2.45) is 0 Å². The second-order valence-corrected chi connectivity index (χ2v) is 6.78. The number of nitrogens with zero attached hydrogens (tertiary/aromatic N) is 3. The van der Waals surface area contributed by atoms with E-state index in [1.807, 2.05) is 0 Å². The van der Waals surface area contributed by atoms with E-state index < -0.39 is 36.3 Å². The van der Waals surface area contributed by atoms with E-state index in [9.17, 15) is 22.8 Å². The third-order valence-electron chi connectivity index (χ3n) is 4.88. The van der Waals surface area contributed by atoms with Crippen LogP contribution >= 0.6 is 0 Å². The molecular weight excluding hydrogens is 391 g/mol. The zero-order chi connectivity index (χ0) is 20.8. The highest BCUT2D eigenvalue weighted by Crippen LogP contribution is 2.33. The van der Waals surface area contributed by atoms with Gasteiger partial charge in [0.15, 0.2) is 0 Å². The van der Waals surface area contributed by atoms with Gasteiger partial charge in [-0.3, -0.25) is 14.6 Å². The summed E-state index contributed by atoms with van der Waals surface area (Å²) in [6, 6.07) is 7.00. The minimum Gasteiger partial charge on any atom is -0.441 e. The van der Waals surface area contributed by atoms with Gasteiger partial charge in [-0.15, -0.1) is 0 Å². The van der Waals surface area contributed by atoms with Gasteiger partial charge in [-0.25, -0.2) is 14.2 Å². The first kappa shape index (κ1) is 19.2. The minimum absolute atomic E-state index is 0.0720. The zero-order valence-corrected chi connectivity index (χ0v) is 15.0. The molecule has 7 nitrogen and oxygen atoms in total. The van der Waals surface area contributed by atoms with Gasteiger partial charge in [-0.2, -0.15) is 8.78 Å². The third kappa shape index (κ3) is 3.39. The Morgan fingerprint density at radius 3 is 2.55 bits per heavy atom. The fourth-order valence-electron chi connectivity index (χ4n) is 3.32. The van der Waals surface area contributed by atoms with Crippen molar-refractivity contribution in [1.29, 1.82) is 0 Å². The number of aliphatic hydroxyl groups is 1. The highest BCUT2D eigenvalue weighted by atomic mass is 19.3. The van der Waals surface area contributed by atoms with Gasteiger partial charge in [0.1, 0.15) is 17.7 Å². The summed E-state index contributed by atoms with van der Waals surface area (Å²) in [7, 11) is 0. The van der Waals surface area contributed by atoms with E-state index in [0.29, 0.717) is 5.56 Å². The van der Waals surface area contributed by atoms with Crippen LogP contribution in [0.25, 0.3) is 11.1 Å². The molecule has 3 heterocycles. The molecule has 2 aliphatic heterocycles. The molecular formula is C19H16F3N3O4. The lowest BCUT2D eigenvalue weighted by Crippen LogP contribution is -2.33. The molecule has 2 saturated heterocycles. The van der Waals surface area contributed by atoms with Crippen LogP contribution < -0.4 is 9.80 Å². The molecule has 1 aromatic carbocycles. The summed E-state index contributed by atoms with van der Waals surface area (Å²) in [6.45, 7) is -0.354. The summed E-state index contributed by atoms with van der Waals surface area (Å²) in [5.41, 5.74) is 0.854. The average molecular weight is 407 g/mol. The molecule has 10 heteroatoms. The van der Waals surface area contributed by atoms with Gasteiger partial charge in [0.05, 0.1) is 18.8 Å². The number of rotatable bonds is 4. The van der Waals surface area contributed by atoms with Crippen LogP contribution in [0.3, 0.4) is 0 Å². The fourth-order valence-corrected chi connectivity index (χ4v) is 3.32. The zero-order valence-electron chi connectivity index (χ0n) is 15.0. The Hall–Kier alpha value is -3.14. The van der Waals surface area contributed by atoms with Crippen LogP contribution in [0.1, 0.15) is 6.42 Å². The number of ether oxygens (including phenoxy) is 1. The lowest BCUT2D eigenvalue weighted by atomic mass is 10.1. The normalized spacial score (nSPS) is 21.0. The molecule has 1 N–H and O–H groups in total. The van der Waals surface area contributed by atoms with Crippen LogP contribution in [-0.2, 0) is 9.53 Å². The highest BCUT2D eigenvalue weighted by molar-refractivity contribution is 6.00. The van der Waals surface area contributed by atoms with Crippen molar-refractivity contribution in [3.8, 4) is 11.1 Å². The maximum atomic E-state index is 14.6. The van der Waals surface area contributed by atoms with E-state index in [1.165, 1.54) is 35.4 Å². The molecule has 1 unspecified atom stereocenters. The van der Waals surface area contributed by atoms with Crippen molar-refractivity contribution in [3.05, 3.63) is 42.3 Å². The van der Waals surface area contributed by atoms with Gasteiger partial charge in [0.25, 0.3) is 5.91 Å². The number of pyridine rings is 1. The van der Waals surface area contributed by atoms with Crippen LogP contribution in [0.15, 0.2) is 36.5 Å². The van der Waals surface area contributed by atoms with E-state index in [1.54, 1.807) is 0 Å². The van der Waals surface area contributed by atoms with Crippen molar-refractivity contribution in [2.75, 3.05) is 29.5 Å². The number of benzene rings is 1. The van der Waals surface area contributed by atoms with Gasteiger partial charge >= 0.3 is 12.0 Å². The summed E-state index contributed by atoms with van der Waals surface area (Å²) in [5.74, 6) is -5.25. The predicted octanol–water partition coefficient (Wildman–Crippen LogP) is 2.58. The fraction of sp³-hybridized carbons (Fsp3) is 0.316. The molecule has 152 valence electrons. The largest absolute Gasteiger partial charge is 0.441 e. The number of anilines is 2. The molecule has 4 rings (SSSR count). The number of aromatic nitrogens is 1. The van der Waals surface area contributed by atoms with Gasteiger partial charge in [-0.05, 0) is 30.3 Å². The Balaban J connectivity index is 1.55. The quantitative estimate of drug-likeness (QED) is 0.843. The Morgan fingerprint density at radius 1 is 1.21 bits per heavy atom. The molecule has 0 radical (unpaired) electrons. The second kappa shape index (κ2) is 7.03. The first-order valence-corrected chi connectivity index (χ1v) is 8.85. The van der Waals surface area contributed by atoms with Gasteiger partial charge < -0.3 is 9.84 Å². The summed E-state index contributed by atoms with van der Waals surface area (Å²) in [6.07, 6.45) is -0.609. The maximum Gasteiger partial charge on any atom is 0.414 e. The standard InChI is InChI=1S/C19H16F3N3O4/c20-15-7-12(25-9-13(10-26)29-18(25)28)2-3-14(15)11-1-4-16(23-8-11)24-6-5-19(21,22)17(24)27/h1-4,7-8,13,26H,5-6,9-10H2. The average Bonchev–Trinajstić information content (AvgIpc) is 3.21. The topological polar surface area (TPSA) is 83.0 Å². The van der Waals surface area contributed by atoms with Crippen molar-refractivity contribution < 1.29 is 32.6 Å². The number of carbonyl (C=O) groups is 2. The molecule has 1 aromatic heterocycles. The van der Waals surface area contributed by atoms with E-state index >= 15 is 0 Å². The second-order valence-electron chi connectivity index (χ2n) is 6.78. The number of halogens is 3. The van der Waals surface area contributed by atoms with Crippen LogP contribution in [0, 0.1) is 5.82 Å². The van der Waals surface area contributed by atoms with Gasteiger partial charge in [0.2, 0.25) is 0 Å². The molecule has 0 saturated carbocycles. The Morgan fingerprint density at radius 2 is 2.00 bits per heavy atom. The predicted molar refractivity (Wildman–Crippen MR) is 96.2 cm³/mol. The number of alkyl halides is 2. The van der Waals surface area contributed by atoms with E-state index in [0.717, 1.165) is 11.0 Å². The Kier molecular flexibility index (Phi) is 4.65. The smallest absolute Gasteiger partial charge is 0.414 e. The maximum absolute atomic E-state index is 14.6. The van der Waals surface area contributed by atoms with Crippen molar-refractivity contribution in [3.63, 3.8) is 0 Å². The number of amides is 2. The molecule has 0 bridgehead atoms. The molecule has 29 heavy (non-hydrogen) atoms. The summed E-state index contributed by atoms with van der Waals surface area (Å²) in [5, 5.41) is 9.09. The number of carbonyl (C=O) groups excluding carboxylic acids is 2. The van der Waals surface area contributed by atoms with E-state index in [2.05, 4.69) is 4.98 Å². The highest BCUT2D eigenvalue weighted by Gasteiger charge is 2.48. The summed E-state index contributed by atoms with van der Waals surface area (Å²) < 4.78 is 46.4. The Bertz CT molecular complexity index is 968. The number of aliphatic hydroxyl groups excluding tert-OH is 1. The van der Waals surface area contributed by atoms with Crippen LogP contribution in [0.5, 0.6) is 0 Å². The van der Waals surface area contributed by atoms with Crippen molar-refractivity contribution >= 4 is 23.5 Å². The minimum atomic E-state index is -3.39. The van der Waals surface area contributed by atoms with Crippen LogP contribution in [0.4, 0.5) is 29.5 Å². The van der Waals surface area contributed by atoms with Gasteiger partial charge in [-0.1, -0.05) is 0 Å². The monoisotopic (exact) mass is 407 g/mol. The van der Waals surface area contributed by atoms with Gasteiger partial charge in [0, 0.05) is 30.3 Å². The number of hydrogen-bond acceptors (Lipinski definition) is 5. The summed E-state index contributed by atoms with van der Waals surface area (Å²) >= 11 is 0. The number of cyclic esters (lactones) is 1. The SMILES string of the molecule is O=C1OC(CO)CN1c1ccc(-c2ccc(N3CCC(F)(F)C3=O)nc2)c(F)c1. The molecule has 2 fully saturated rings. The van der Waals surface area contributed by atoms with Crippen molar-refractivity contribution in [1.82, 2.24) is 4.98 Å². The molecule has 0 spiro atoms. The van der Waals surface area contributed by atoms with Crippen LogP contribution in [0.2, 0.25) is 0 Å². The molecule has 2 aromatic rings. The van der Waals surface area contributed by atoms with Crippen molar-refractivity contribution in [2.45, 2.75) is 18.4 Å². The van der Waals surface area contributed by atoms with E-state index in [4.69, 9.17) is 9.84 Å². The summed E-state index contributed by atoms with van der Waals surface area (Å²) in [4.78, 5) is 29.6. The first-order chi connectivity index (χ1) is 13.8. The first-order valence-electron chi connectivity index (χ1n) is 8.85. The number of hydrogen-bond donors (Lipinski definition) is 1. The third-order valence-corrected chi connectivity index (χ3v) is 4.88. The molecule has 1 atom stereocenters. The molecule has 2 amide bonds.